The quantitative estimate of drug-likeness (QED) is 0.868. The van der Waals surface area contributed by atoms with Gasteiger partial charge in [0.1, 0.15) is 11.9 Å². The maximum Gasteiger partial charge on any atom is 0.410 e. The highest BCUT2D eigenvalue weighted by Gasteiger charge is 2.29. The Morgan fingerprint density at radius 2 is 2.05 bits per heavy atom. The smallest absolute Gasteiger partial charge is 0.410 e. The predicted molar refractivity (Wildman–Crippen MR) is 69.9 cm³/mol. The Morgan fingerprint density at radius 3 is 2.60 bits per heavy atom. The van der Waals surface area contributed by atoms with E-state index in [-0.39, 0.29) is 12.3 Å². The van der Waals surface area contributed by atoms with Crippen LogP contribution in [0.3, 0.4) is 0 Å². The van der Waals surface area contributed by atoms with Gasteiger partial charge in [-0.2, -0.15) is 0 Å². The number of amides is 1. The molecule has 1 N–H and O–H groups in total. The van der Waals surface area contributed by atoms with Crippen molar-refractivity contribution in [2.24, 2.45) is 0 Å². The Morgan fingerprint density at radius 1 is 1.40 bits per heavy atom. The summed E-state index contributed by atoms with van der Waals surface area (Å²) in [5, 5.41) is 0. The molecule has 1 aliphatic rings. The topological polar surface area (TPSA) is 75.7 Å². The van der Waals surface area contributed by atoms with Crippen molar-refractivity contribution in [1.82, 2.24) is 9.62 Å². The Hall–Kier alpha value is -1.67. The third-order valence-electron chi connectivity index (χ3n) is 2.86. The first kappa shape index (κ1) is 14.7. The Kier molecular flexibility index (Phi) is 4.24. The van der Waals surface area contributed by atoms with Gasteiger partial charge in [0.15, 0.2) is 0 Å². The zero-order valence-electron chi connectivity index (χ0n) is 10.9. The molecule has 0 saturated carbocycles. The van der Waals surface area contributed by atoms with Crippen molar-refractivity contribution in [2.75, 3.05) is 20.1 Å². The van der Waals surface area contributed by atoms with Gasteiger partial charge in [-0.25, -0.2) is 22.3 Å². The number of nitrogens with zero attached hydrogens (tertiary/aromatic N) is 1. The van der Waals surface area contributed by atoms with Crippen LogP contribution in [0.2, 0.25) is 0 Å². The number of cyclic esters (lactones) is 1. The number of hydrogen-bond acceptors (Lipinski definition) is 4. The van der Waals surface area contributed by atoms with Gasteiger partial charge in [-0.1, -0.05) is 12.1 Å². The summed E-state index contributed by atoms with van der Waals surface area (Å²) in [7, 11) is -1.97. The normalized spacial score (nSPS) is 19.2. The molecule has 1 atom stereocenters. The molecule has 1 fully saturated rings. The van der Waals surface area contributed by atoms with Crippen LogP contribution in [0.25, 0.3) is 0 Å². The van der Waals surface area contributed by atoms with E-state index in [1.807, 2.05) is 0 Å². The van der Waals surface area contributed by atoms with Crippen molar-refractivity contribution >= 4 is 16.1 Å². The minimum atomic E-state index is -3.55. The van der Waals surface area contributed by atoms with E-state index in [0.717, 1.165) is 0 Å². The summed E-state index contributed by atoms with van der Waals surface area (Å²) in [6.45, 7) is 0.373. The fraction of sp³-hybridized carbons (Fsp3) is 0.417. The van der Waals surface area contributed by atoms with Crippen LogP contribution < -0.4 is 4.72 Å². The third kappa shape index (κ3) is 3.91. The Labute approximate surface area is 116 Å². The minimum Gasteiger partial charge on any atom is -0.443 e. The molecule has 6 nitrogen and oxygen atoms in total. The van der Waals surface area contributed by atoms with Crippen molar-refractivity contribution in [1.29, 1.82) is 0 Å². The Bertz CT molecular complexity index is 588. The average molecular weight is 302 g/mol. The molecule has 0 radical (unpaired) electrons. The number of carbonyl (C=O) groups excluding carboxylic acids is 1. The maximum atomic E-state index is 12.7. The lowest BCUT2D eigenvalue weighted by Gasteiger charge is -2.10. The molecule has 1 heterocycles. The molecule has 8 heteroatoms. The number of hydrogen-bond donors (Lipinski definition) is 1. The van der Waals surface area contributed by atoms with E-state index in [2.05, 4.69) is 4.72 Å². The zero-order chi connectivity index (χ0) is 14.8. The number of benzene rings is 1. The summed E-state index contributed by atoms with van der Waals surface area (Å²) >= 11 is 0. The summed E-state index contributed by atoms with van der Waals surface area (Å²) in [5.41, 5.74) is 0.486. The van der Waals surface area contributed by atoms with E-state index in [4.69, 9.17) is 4.74 Å². The average Bonchev–Trinajstić information content (AvgIpc) is 2.69. The lowest BCUT2D eigenvalue weighted by Crippen LogP contribution is -2.34. The molecule has 2 rings (SSSR count). The van der Waals surface area contributed by atoms with E-state index in [1.54, 1.807) is 7.05 Å². The van der Waals surface area contributed by atoms with Crippen LogP contribution in [0.15, 0.2) is 24.3 Å². The molecule has 0 spiro atoms. The second-order valence-corrected chi connectivity index (χ2v) is 6.43. The second-order valence-electron chi connectivity index (χ2n) is 4.62. The molecular weight excluding hydrogens is 287 g/mol. The van der Waals surface area contributed by atoms with E-state index in [1.165, 1.54) is 29.2 Å². The van der Waals surface area contributed by atoms with Crippen molar-refractivity contribution in [3.05, 3.63) is 35.6 Å². The number of likely N-dealkylation sites (N-methyl/N-ethyl adjacent to an activating group) is 1. The molecule has 110 valence electrons. The molecule has 1 amide bonds. The van der Waals surface area contributed by atoms with Crippen molar-refractivity contribution in [2.45, 2.75) is 11.9 Å². The standard InChI is InChI=1S/C12H15FN2O4S/c1-15-7-11(19-12(15)16)6-14-20(17,18)8-9-2-4-10(13)5-3-9/h2-5,11,14H,6-8H2,1H3. The van der Waals surface area contributed by atoms with Gasteiger partial charge < -0.3 is 9.64 Å². The van der Waals surface area contributed by atoms with Gasteiger partial charge in [0.05, 0.1) is 12.3 Å². The molecular formula is C12H15FN2O4S. The van der Waals surface area contributed by atoms with E-state index in [9.17, 15) is 17.6 Å². The molecule has 1 aromatic carbocycles. The van der Waals surface area contributed by atoms with Crippen LogP contribution in [-0.4, -0.2) is 45.7 Å². The number of carbonyl (C=O) groups is 1. The zero-order valence-corrected chi connectivity index (χ0v) is 11.7. The van der Waals surface area contributed by atoms with Gasteiger partial charge in [0, 0.05) is 13.6 Å². The largest absolute Gasteiger partial charge is 0.443 e. The highest BCUT2D eigenvalue weighted by atomic mass is 32.2. The summed E-state index contributed by atoms with van der Waals surface area (Å²) < 4.78 is 43.7. The molecule has 1 saturated heterocycles. The number of sulfonamides is 1. The minimum absolute atomic E-state index is 0.0274. The lowest BCUT2D eigenvalue weighted by atomic mass is 10.2. The second kappa shape index (κ2) is 5.76. The molecule has 0 bridgehead atoms. The molecule has 0 aromatic heterocycles. The van der Waals surface area contributed by atoms with Crippen LogP contribution in [0.4, 0.5) is 9.18 Å². The van der Waals surface area contributed by atoms with Gasteiger partial charge in [-0.3, -0.25) is 0 Å². The first-order valence-corrected chi connectivity index (χ1v) is 7.64. The molecule has 20 heavy (non-hydrogen) atoms. The van der Waals surface area contributed by atoms with Crippen molar-refractivity contribution < 1.29 is 22.3 Å². The van der Waals surface area contributed by atoms with E-state index < -0.39 is 28.0 Å². The summed E-state index contributed by atoms with van der Waals surface area (Å²) in [6, 6.07) is 5.24. The van der Waals surface area contributed by atoms with Crippen LogP contribution in [0.5, 0.6) is 0 Å². The Balaban J connectivity index is 1.88. The van der Waals surface area contributed by atoms with Gasteiger partial charge in [-0.05, 0) is 17.7 Å². The van der Waals surface area contributed by atoms with Crippen LogP contribution in [0.1, 0.15) is 5.56 Å². The first-order valence-electron chi connectivity index (χ1n) is 5.99. The summed E-state index contributed by atoms with van der Waals surface area (Å²) in [4.78, 5) is 12.5. The maximum absolute atomic E-state index is 12.7. The summed E-state index contributed by atoms with van der Waals surface area (Å²) in [6.07, 6.45) is -0.955. The highest BCUT2D eigenvalue weighted by molar-refractivity contribution is 7.88. The van der Waals surface area contributed by atoms with Gasteiger partial charge >= 0.3 is 6.09 Å². The van der Waals surface area contributed by atoms with Crippen LogP contribution >= 0.6 is 0 Å². The van der Waals surface area contributed by atoms with Crippen molar-refractivity contribution in [3.63, 3.8) is 0 Å². The number of rotatable bonds is 5. The predicted octanol–water partition coefficient (Wildman–Crippen LogP) is 0.696. The monoisotopic (exact) mass is 302 g/mol. The van der Waals surface area contributed by atoms with E-state index in [0.29, 0.717) is 12.1 Å². The first-order chi connectivity index (χ1) is 9.35. The fourth-order valence-electron chi connectivity index (χ4n) is 1.83. The van der Waals surface area contributed by atoms with Crippen LogP contribution in [-0.2, 0) is 20.5 Å². The van der Waals surface area contributed by atoms with Crippen LogP contribution in [0, 0.1) is 5.82 Å². The van der Waals surface area contributed by atoms with Gasteiger partial charge in [-0.15, -0.1) is 0 Å². The molecule has 0 aliphatic carbocycles. The molecule has 1 aromatic rings. The number of ether oxygens (including phenoxy) is 1. The van der Waals surface area contributed by atoms with Gasteiger partial charge in [0.25, 0.3) is 0 Å². The third-order valence-corrected chi connectivity index (χ3v) is 4.18. The SMILES string of the molecule is CN1CC(CNS(=O)(=O)Cc2ccc(F)cc2)OC1=O. The van der Waals surface area contributed by atoms with E-state index >= 15 is 0 Å². The lowest BCUT2D eigenvalue weighted by molar-refractivity contribution is 0.135. The van der Waals surface area contributed by atoms with Crippen molar-refractivity contribution in [3.8, 4) is 0 Å². The van der Waals surface area contributed by atoms with Gasteiger partial charge in [0.2, 0.25) is 10.0 Å². The fourth-order valence-corrected chi connectivity index (χ4v) is 3.00. The highest BCUT2D eigenvalue weighted by Crippen LogP contribution is 2.10. The number of halogens is 1. The molecule has 1 unspecified atom stereocenters. The molecule has 1 aliphatic heterocycles. The summed E-state index contributed by atoms with van der Waals surface area (Å²) in [5.74, 6) is -0.663. The number of nitrogens with one attached hydrogen (secondary N) is 1.